The van der Waals surface area contributed by atoms with Gasteiger partial charge in [0.2, 0.25) is 0 Å². The summed E-state index contributed by atoms with van der Waals surface area (Å²) in [5.41, 5.74) is 6.87. The van der Waals surface area contributed by atoms with Crippen LogP contribution in [0.5, 0.6) is 0 Å². The first-order valence-corrected chi connectivity index (χ1v) is 11.7. The number of nitrogens with one attached hydrogen (secondary N) is 1. The third kappa shape index (κ3) is 4.62. The second kappa shape index (κ2) is 9.55. The Morgan fingerprint density at radius 1 is 1.11 bits per heavy atom. The number of carbonyl (C=O) groups is 1. The summed E-state index contributed by atoms with van der Waals surface area (Å²) in [6.07, 6.45) is 5.39. The van der Waals surface area contributed by atoms with Gasteiger partial charge in [0, 0.05) is 53.2 Å². The topological polar surface area (TPSA) is 117 Å². The molecule has 182 valence electrons. The van der Waals surface area contributed by atoms with Crippen LogP contribution in [0.1, 0.15) is 40.1 Å². The number of rotatable bonds is 6. The zero-order chi connectivity index (χ0) is 26.1. The van der Waals surface area contributed by atoms with Gasteiger partial charge in [-0.3, -0.25) is 9.67 Å². The number of para-hydroxylation sites is 1. The molecule has 37 heavy (non-hydrogen) atoms. The first kappa shape index (κ1) is 23.7. The molecule has 3 heterocycles. The Balaban J connectivity index is 1.59. The minimum Gasteiger partial charge on any atom is -0.478 e. The highest BCUT2D eigenvalue weighted by Gasteiger charge is 2.18. The van der Waals surface area contributed by atoms with Crippen molar-refractivity contribution in [3.05, 3.63) is 95.6 Å². The fourth-order valence-corrected chi connectivity index (χ4v) is 4.50. The number of aromatic nitrogens is 4. The second-order valence-electron chi connectivity index (χ2n) is 8.97. The maximum Gasteiger partial charge on any atom is 0.337 e. The highest BCUT2D eigenvalue weighted by Crippen LogP contribution is 2.33. The number of nitrogens with zero attached hydrogens (tertiary/aromatic N) is 5. The van der Waals surface area contributed by atoms with Crippen molar-refractivity contribution in [2.75, 3.05) is 5.32 Å². The predicted molar refractivity (Wildman–Crippen MR) is 142 cm³/mol. The van der Waals surface area contributed by atoms with Crippen molar-refractivity contribution in [1.29, 1.82) is 5.26 Å². The maximum absolute atomic E-state index is 11.7. The minimum atomic E-state index is -0.991. The number of nitriles is 1. The molecule has 3 aromatic heterocycles. The third-order valence-corrected chi connectivity index (χ3v) is 6.29. The zero-order valence-corrected chi connectivity index (χ0v) is 20.6. The van der Waals surface area contributed by atoms with Crippen LogP contribution in [-0.2, 0) is 7.05 Å². The number of hydrogen-bond donors (Lipinski definition) is 2. The van der Waals surface area contributed by atoms with Crippen molar-refractivity contribution in [3.8, 4) is 28.5 Å². The van der Waals surface area contributed by atoms with Crippen LogP contribution in [0.25, 0.3) is 33.3 Å². The van der Waals surface area contributed by atoms with Gasteiger partial charge in [0.1, 0.15) is 11.8 Å². The zero-order valence-electron chi connectivity index (χ0n) is 20.6. The highest BCUT2D eigenvalue weighted by molar-refractivity contribution is 5.94. The number of benzene rings is 2. The van der Waals surface area contributed by atoms with Crippen LogP contribution < -0.4 is 5.32 Å². The summed E-state index contributed by atoms with van der Waals surface area (Å²) in [5.74, 6) is -0.991. The van der Waals surface area contributed by atoms with Crippen molar-refractivity contribution in [1.82, 2.24) is 19.7 Å². The number of aromatic carboxylic acids is 1. The smallest absolute Gasteiger partial charge is 0.337 e. The van der Waals surface area contributed by atoms with Gasteiger partial charge in [-0.25, -0.2) is 9.78 Å². The van der Waals surface area contributed by atoms with Gasteiger partial charge in [-0.2, -0.15) is 10.4 Å². The molecule has 0 bridgehead atoms. The average molecular weight is 489 g/mol. The first-order chi connectivity index (χ1) is 17.8. The van der Waals surface area contributed by atoms with Crippen LogP contribution in [0.2, 0.25) is 0 Å². The van der Waals surface area contributed by atoms with Crippen LogP contribution in [0.4, 0.5) is 5.69 Å². The summed E-state index contributed by atoms with van der Waals surface area (Å²) in [6, 6.07) is 18.7. The van der Waals surface area contributed by atoms with Gasteiger partial charge in [0.15, 0.2) is 0 Å². The number of aryl methyl sites for hydroxylation is 2. The van der Waals surface area contributed by atoms with Crippen LogP contribution in [0.3, 0.4) is 0 Å². The lowest BCUT2D eigenvalue weighted by Crippen LogP contribution is -2.11. The lowest BCUT2D eigenvalue weighted by Gasteiger charge is -2.20. The van der Waals surface area contributed by atoms with E-state index >= 15 is 0 Å². The summed E-state index contributed by atoms with van der Waals surface area (Å²) < 4.78 is 1.72. The first-order valence-electron chi connectivity index (χ1n) is 11.7. The van der Waals surface area contributed by atoms with E-state index in [0.29, 0.717) is 22.5 Å². The maximum atomic E-state index is 11.7. The Hall–Kier alpha value is -5.03. The largest absolute Gasteiger partial charge is 0.478 e. The van der Waals surface area contributed by atoms with Crippen LogP contribution in [-0.4, -0.2) is 30.8 Å². The Labute approximate surface area is 213 Å². The lowest BCUT2D eigenvalue weighted by molar-refractivity contribution is 0.0698. The molecule has 0 saturated carbocycles. The number of hydrogen-bond acceptors (Lipinski definition) is 6. The molecule has 0 saturated heterocycles. The van der Waals surface area contributed by atoms with E-state index in [2.05, 4.69) is 32.5 Å². The molecular formula is C29H24N6O2. The Bertz CT molecular complexity index is 1680. The fraction of sp³-hybridized carbons (Fsp3) is 0.138. The highest BCUT2D eigenvalue weighted by atomic mass is 16.4. The number of pyridine rings is 2. The molecule has 0 unspecified atom stereocenters. The Kier molecular flexibility index (Phi) is 6.12. The summed E-state index contributed by atoms with van der Waals surface area (Å²) in [6.45, 7) is 3.96. The van der Waals surface area contributed by atoms with Gasteiger partial charge >= 0.3 is 5.97 Å². The quantitative estimate of drug-likeness (QED) is 0.313. The van der Waals surface area contributed by atoms with E-state index in [4.69, 9.17) is 0 Å². The normalized spacial score (nSPS) is 11.7. The van der Waals surface area contributed by atoms with E-state index in [1.807, 2.05) is 51.4 Å². The van der Waals surface area contributed by atoms with E-state index in [0.717, 1.165) is 33.3 Å². The molecule has 0 radical (unpaired) electrons. The summed E-state index contributed by atoms with van der Waals surface area (Å²) in [4.78, 5) is 21.0. The van der Waals surface area contributed by atoms with Crippen molar-refractivity contribution in [2.45, 2.75) is 19.9 Å². The molecular weight excluding hydrogens is 464 g/mol. The van der Waals surface area contributed by atoms with E-state index in [1.54, 1.807) is 41.3 Å². The minimum absolute atomic E-state index is 0.205. The van der Waals surface area contributed by atoms with Crippen molar-refractivity contribution in [2.24, 2.45) is 7.05 Å². The molecule has 5 rings (SSSR count). The molecule has 2 aromatic carbocycles. The molecule has 0 fully saturated rings. The van der Waals surface area contributed by atoms with Crippen molar-refractivity contribution in [3.63, 3.8) is 0 Å². The third-order valence-electron chi connectivity index (χ3n) is 6.29. The number of carboxylic acids is 1. The molecule has 8 heteroatoms. The van der Waals surface area contributed by atoms with E-state index < -0.39 is 5.97 Å². The Morgan fingerprint density at radius 3 is 2.59 bits per heavy atom. The fourth-order valence-electron chi connectivity index (χ4n) is 4.50. The van der Waals surface area contributed by atoms with Crippen molar-refractivity contribution < 1.29 is 9.90 Å². The van der Waals surface area contributed by atoms with Crippen LogP contribution >= 0.6 is 0 Å². The molecule has 8 nitrogen and oxygen atoms in total. The van der Waals surface area contributed by atoms with Crippen LogP contribution in [0, 0.1) is 18.3 Å². The average Bonchev–Trinajstić information content (AvgIpc) is 3.33. The summed E-state index contributed by atoms with van der Waals surface area (Å²) in [5, 5.41) is 27.9. The second-order valence-corrected chi connectivity index (χ2v) is 8.97. The van der Waals surface area contributed by atoms with Gasteiger partial charge in [-0.1, -0.05) is 24.3 Å². The molecule has 0 aliphatic rings. The van der Waals surface area contributed by atoms with E-state index in [9.17, 15) is 15.2 Å². The molecule has 0 aliphatic carbocycles. The number of fused-ring (bicyclic) bond motifs is 1. The molecule has 0 aliphatic heterocycles. The van der Waals surface area contributed by atoms with Gasteiger partial charge in [0.25, 0.3) is 0 Å². The van der Waals surface area contributed by atoms with Gasteiger partial charge in [-0.05, 0) is 55.3 Å². The SMILES string of the molecule is Cc1cc([C@H](C)Nc2ccccc2C(=O)O)c2cc(-c3ccc(-c4cnn(C)c4)nc3)c(C#N)nc2c1. The molecule has 5 aromatic rings. The van der Waals surface area contributed by atoms with Gasteiger partial charge in [-0.15, -0.1) is 0 Å². The van der Waals surface area contributed by atoms with Crippen molar-refractivity contribution >= 4 is 22.6 Å². The Morgan fingerprint density at radius 2 is 1.92 bits per heavy atom. The predicted octanol–water partition coefficient (Wildman–Crippen LogP) is 5.75. The molecule has 0 spiro atoms. The lowest BCUT2D eigenvalue weighted by atomic mass is 9.95. The van der Waals surface area contributed by atoms with Crippen LogP contribution in [0.15, 0.2) is 73.2 Å². The number of anilines is 1. The standard InChI is InChI=1S/C29H24N6O2/c1-17-10-22(18(2)33-26-7-5-4-6-21(26)29(36)37)24-12-23(28(13-30)34-27(24)11-17)19-8-9-25(31-14-19)20-15-32-35(3)16-20/h4-12,14-16,18,33H,1-3H3,(H,36,37)/t18-/m0/s1. The monoisotopic (exact) mass is 488 g/mol. The van der Waals surface area contributed by atoms with E-state index in [-0.39, 0.29) is 11.6 Å². The molecule has 2 N–H and O–H groups in total. The van der Waals surface area contributed by atoms with Gasteiger partial charge < -0.3 is 10.4 Å². The number of carboxylic acid groups (broad SMARTS) is 1. The molecule has 0 amide bonds. The summed E-state index contributed by atoms with van der Waals surface area (Å²) in [7, 11) is 1.85. The van der Waals surface area contributed by atoms with Gasteiger partial charge in [0.05, 0.1) is 23.0 Å². The van der Waals surface area contributed by atoms with E-state index in [1.165, 1.54) is 0 Å². The molecule has 1 atom stereocenters. The summed E-state index contributed by atoms with van der Waals surface area (Å²) >= 11 is 0.